The molecular weight excluding hydrogens is 351 g/mol. The molecule has 0 amide bonds. The lowest BCUT2D eigenvalue weighted by molar-refractivity contribution is 1.28. The fraction of sp³-hybridized carbons (Fsp3) is 0. The van der Waals surface area contributed by atoms with Gasteiger partial charge in [-0.15, -0.1) is 11.3 Å². The van der Waals surface area contributed by atoms with E-state index >= 15 is 0 Å². The Labute approximate surface area is 146 Å². The summed E-state index contributed by atoms with van der Waals surface area (Å²) >= 11 is 13.5. The fourth-order valence-electron chi connectivity index (χ4n) is 2.06. The van der Waals surface area contributed by atoms with Gasteiger partial charge in [0, 0.05) is 20.3 Å². The van der Waals surface area contributed by atoms with Crippen molar-refractivity contribution in [2.45, 2.75) is 0 Å². The number of hydrogen-bond acceptors (Lipinski definition) is 4. The van der Waals surface area contributed by atoms with Gasteiger partial charge in [0.2, 0.25) is 0 Å². The molecule has 0 bridgehead atoms. The van der Waals surface area contributed by atoms with Gasteiger partial charge in [-0.05, 0) is 30.3 Å². The second-order valence-electron chi connectivity index (χ2n) is 4.63. The van der Waals surface area contributed by atoms with E-state index in [9.17, 15) is 10.1 Å². The van der Waals surface area contributed by atoms with Gasteiger partial charge in [-0.3, -0.25) is 4.79 Å². The zero-order valence-corrected chi connectivity index (χ0v) is 13.9. The third kappa shape index (κ3) is 3.13. The van der Waals surface area contributed by atoms with E-state index in [-0.39, 0.29) is 11.1 Å². The van der Waals surface area contributed by atoms with Crippen LogP contribution in [0.2, 0.25) is 10.0 Å². The molecule has 0 fully saturated rings. The summed E-state index contributed by atoms with van der Waals surface area (Å²) in [5.74, 6) is 0. The van der Waals surface area contributed by atoms with Crippen LogP contribution in [0, 0.1) is 11.3 Å². The molecule has 0 aliphatic heterocycles. The van der Waals surface area contributed by atoms with E-state index in [1.165, 1.54) is 11.3 Å². The molecule has 0 radical (unpaired) electrons. The number of aromatic nitrogens is 1. The van der Waals surface area contributed by atoms with Crippen LogP contribution >= 0.6 is 34.5 Å². The Balaban J connectivity index is 2.21. The van der Waals surface area contributed by atoms with Crippen molar-refractivity contribution in [3.05, 3.63) is 73.4 Å². The van der Waals surface area contributed by atoms with Gasteiger partial charge < -0.3 is 0 Å². The summed E-state index contributed by atoms with van der Waals surface area (Å²) in [5, 5.41) is 11.2. The van der Waals surface area contributed by atoms with E-state index in [1.54, 1.807) is 36.4 Å². The SMILES string of the molecule is N#CC(=Cc1c(Cl)cccc1Cl)c1nc(=O)c2ccccc2s1. The van der Waals surface area contributed by atoms with Crippen molar-refractivity contribution in [1.82, 2.24) is 4.98 Å². The van der Waals surface area contributed by atoms with Gasteiger partial charge in [0.15, 0.2) is 0 Å². The van der Waals surface area contributed by atoms with E-state index in [0.717, 1.165) is 4.70 Å². The first-order valence-electron chi connectivity index (χ1n) is 6.56. The normalized spacial score (nSPS) is 11.4. The van der Waals surface area contributed by atoms with Gasteiger partial charge in [0.05, 0.1) is 11.0 Å². The topological polar surface area (TPSA) is 53.8 Å². The molecule has 3 aromatic rings. The molecule has 0 unspecified atom stereocenters. The smallest absolute Gasteiger partial charge is 0.267 e. The number of hydrogen-bond donors (Lipinski definition) is 0. The predicted octanol–water partition coefficient (Wildman–Crippen LogP) is 5.03. The van der Waals surface area contributed by atoms with Crippen LogP contribution in [0.1, 0.15) is 10.6 Å². The Morgan fingerprint density at radius 3 is 2.52 bits per heavy atom. The number of halogens is 2. The molecule has 0 spiro atoms. The lowest BCUT2D eigenvalue weighted by atomic mass is 10.1. The zero-order chi connectivity index (χ0) is 16.4. The Bertz CT molecular complexity index is 1010. The minimum Gasteiger partial charge on any atom is -0.267 e. The van der Waals surface area contributed by atoms with Gasteiger partial charge >= 0.3 is 0 Å². The molecule has 0 aliphatic carbocycles. The minimum absolute atomic E-state index is 0.243. The highest BCUT2D eigenvalue weighted by Crippen LogP contribution is 2.30. The molecule has 1 heterocycles. The average molecular weight is 359 g/mol. The zero-order valence-electron chi connectivity index (χ0n) is 11.6. The van der Waals surface area contributed by atoms with Crippen molar-refractivity contribution in [2.75, 3.05) is 0 Å². The van der Waals surface area contributed by atoms with Crippen molar-refractivity contribution in [3.8, 4) is 6.07 Å². The fourth-order valence-corrected chi connectivity index (χ4v) is 3.53. The first kappa shape index (κ1) is 15.7. The Morgan fingerprint density at radius 1 is 1.13 bits per heavy atom. The third-order valence-corrected chi connectivity index (χ3v) is 4.91. The van der Waals surface area contributed by atoms with E-state index in [0.29, 0.717) is 26.0 Å². The number of nitriles is 1. The van der Waals surface area contributed by atoms with Crippen molar-refractivity contribution in [3.63, 3.8) is 0 Å². The van der Waals surface area contributed by atoms with Crippen LogP contribution in [-0.4, -0.2) is 4.98 Å². The Hall–Kier alpha value is -2.19. The first-order chi connectivity index (χ1) is 11.1. The molecule has 112 valence electrons. The van der Waals surface area contributed by atoms with Crippen molar-refractivity contribution >= 4 is 56.3 Å². The molecule has 0 saturated heterocycles. The lowest BCUT2D eigenvalue weighted by Gasteiger charge is -2.03. The molecule has 0 atom stereocenters. The van der Waals surface area contributed by atoms with Crippen LogP contribution in [0.5, 0.6) is 0 Å². The van der Waals surface area contributed by atoms with Crippen molar-refractivity contribution in [2.24, 2.45) is 0 Å². The predicted molar refractivity (Wildman–Crippen MR) is 95.8 cm³/mol. The maximum absolute atomic E-state index is 12.1. The largest absolute Gasteiger partial charge is 0.279 e. The van der Waals surface area contributed by atoms with Gasteiger partial charge in [-0.2, -0.15) is 10.2 Å². The highest BCUT2D eigenvalue weighted by atomic mass is 35.5. The second-order valence-corrected chi connectivity index (χ2v) is 6.47. The molecule has 3 rings (SSSR count). The summed E-state index contributed by atoms with van der Waals surface area (Å²) in [6.07, 6.45) is 1.55. The highest BCUT2D eigenvalue weighted by Gasteiger charge is 2.11. The quantitative estimate of drug-likeness (QED) is 0.603. The molecule has 0 aliphatic rings. The summed E-state index contributed by atoms with van der Waals surface area (Å²) < 4.78 is 0.772. The number of fused-ring (bicyclic) bond motifs is 1. The van der Waals surface area contributed by atoms with Crippen molar-refractivity contribution in [1.29, 1.82) is 5.26 Å². The first-order valence-corrected chi connectivity index (χ1v) is 8.13. The second kappa shape index (κ2) is 6.51. The van der Waals surface area contributed by atoms with Gasteiger partial charge in [0.1, 0.15) is 11.1 Å². The van der Waals surface area contributed by atoms with E-state index in [2.05, 4.69) is 11.1 Å². The Morgan fingerprint density at radius 2 is 1.83 bits per heavy atom. The highest BCUT2D eigenvalue weighted by molar-refractivity contribution is 7.19. The van der Waals surface area contributed by atoms with Crippen LogP contribution in [0.15, 0.2) is 47.3 Å². The summed E-state index contributed by atoms with van der Waals surface area (Å²) in [5.41, 5.74) is 0.413. The van der Waals surface area contributed by atoms with E-state index < -0.39 is 0 Å². The van der Waals surface area contributed by atoms with Gasteiger partial charge in [0.25, 0.3) is 5.56 Å². The summed E-state index contributed by atoms with van der Waals surface area (Å²) in [7, 11) is 0. The number of benzene rings is 2. The van der Waals surface area contributed by atoms with Crippen LogP contribution in [0.3, 0.4) is 0 Å². The summed E-state index contributed by atoms with van der Waals surface area (Å²) in [6.45, 7) is 0. The summed E-state index contributed by atoms with van der Waals surface area (Å²) in [4.78, 5) is 16.1. The molecule has 3 nitrogen and oxygen atoms in total. The minimum atomic E-state index is -0.360. The van der Waals surface area contributed by atoms with E-state index in [4.69, 9.17) is 23.2 Å². The molecule has 0 N–H and O–H groups in total. The number of allylic oxidation sites excluding steroid dienone is 1. The lowest BCUT2D eigenvalue weighted by Crippen LogP contribution is -2.07. The summed E-state index contributed by atoms with van der Waals surface area (Å²) in [6, 6.07) is 14.3. The van der Waals surface area contributed by atoms with Gasteiger partial charge in [-0.1, -0.05) is 41.4 Å². The molecular formula is C17H8Cl2N2OS. The van der Waals surface area contributed by atoms with E-state index in [1.807, 2.05) is 12.1 Å². The molecule has 1 aromatic heterocycles. The molecule has 0 saturated carbocycles. The molecule has 6 heteroatoms. The number of nitrogens with zero attached hydrogens (tertiary/aromatic N) is 2. The third-order valence-electron chi connectivity index (χ3n) is 3.17. The Kier molecular flexibility index (Phi) is 4.44. The molecule has 2 aromatic carbocycles. The number of rotatable bonds is 2. The van der Waals surface area contributed by atoms with Crippen LogP contribution in [-0.2, 0) is 0 Å². The molecule has 23 heavy (non-hydrogen) atoms. The van der Waals surface area contributed by atoms with Crippen LogP contribution in [0.25, 0.3) is 21.7 Å². The van der Waals surface area contributed by atoms with Gasteiger partial charge in [-0.25, -0.2) is 0 Å². The average Bonchev–Trinajstić information content (AvgIpc) is 2.55. The maximum Gasteiger partial charge on any atom is 0.279 e. The van der Waals surface area contributed by atoms with Crippen LogP contribution < -0.4 is 5.56 Å². The standard InChI is InChI=1S/C17H8Cl2N2OS/c18-13-5-3-6-14(19)12(13)8-10(9-20)17-21-16(22)11-4-1-2-7-15(11)23-17/h1-8H. The van der Waals surface area contributed by atoms with Crippen molar-refractivity contribution < 1.29 is 0 Å². The van der Waals surface area contributed by atoms with Crippen LogP contribution in [0.4, 0.5) is 0 Å². The maximum atomic E-state index is 12.1. The monoisotopic (exact) mass is 358 g/mol.